The molecule has 1 aliphatic carbocycles. The molecule has 0 radical (unpaired) electrons. The number of alkyl halides is 2. The lowest BCUT2D eigenvalue weighted by Crippen LogP contribution is -2.40. The van der Waals surface area contributed by atoms with Gasteiger partial charge in [-0.1, -0.05) is 26.8 Å². The van der Waals surface area contributed by atoms with Crippen molar-refractivity contribution in [1.82, 2.24) is 0 Å². The monoisotopic (exact) mass is 373 g/mol. The number of carbonyl (C=O) groups is 1. The minimum atomic E-state index is -2.90. The molecular formula is C17H25F2NO2SSi. The van der Waals surface area contributed by atoms with E-state index in [9.17, 15) is 13.6 Å². The second-order valence-electron chi connectivity index (χ2n) is 7.71. The summed E-state index contributed by atoms with van der Waals surface area (Å²) in [6.45, 7) is 10.7. The van der Waals surface area contributed by atoms with Crippen molar-refractivity contribution in [3.8, 4) is 0 Å². The molecule has 2 N–H and O–H groups in total. The number of primary amides is 1. The van der Waals surface area contributed by atoms with Crippen molar-refractivity contribution in [1.29, 1.82) is 0 Å². The molecule has 0 saturated heterocycles. The number of aryl methyl sites for hydroxylation is 1. The molecule has 0 bridgehead atoms. The van der Waals surface area contributed by atoms with Gasteiger partial charge >= 0.3 is 0 Å². The number of carbonyl (C=O) groups excluding carboxylic acids is 1. The van der Waals surface area contributed by atoms with E-state index in [2.05, 4.69) is 33.9 Å². The Bertz CT molecular complexity index is 675. The Kier molecular flexibility index (Phi) is 5.10. The van der Waals surface area contributed by atoms with Gasteiger partial charge in [0, 0.05) is 16.9 Å². The zero-order chi connectivity index (χ0) is 18.3. The lowest BCUT2D eigenvalue weighted by molar-refractivity contribution is 0.0540. The third kappa shape index (κ3) is 3.78. The van der Waals surface area contributed by atoms with Crippen molar-refractivity contribution in [2.24, 2.45) is 5.73 Å². The average Bonchev–Trinajstić information content (AvgIpc) is 2.84. The van der Waals surface area contributed by atoms with E-state index in [-0.39, 0.29) is 30.1 Å². The smallest absolute Gasteiger partial charge is 0.274 e. The Morgan fingerprint density at radius 1 is 1.46 bits per heavy atom. The van der Waals surface area contributed by atoms with Crippen LogP contribution in [0.25, 0.3) is 5.57 Å². The van der Waals surface area contributed by atoms with E-state index in [1.807, 2.05) is 0 Å². The Balaban J connectivity index is 2.29. The molecule has 3 nitrogen and oxygen atoms in total. The number of nitrogens with two attached hydrogens (primary N) is 1. The van der Waals surface area contributed by atoms with Crippen LogP contribution in [0.3, 0.4) is 0 Å². The van der Waals surface area contributed by atoms with Crippen LogP contribution < -0.4 is 5.73 Å². The van der Waals surface area contributed by atoms with E-state index < -0.39 is 20.1 Å². The predicted molar refractivity (Wildman–Crippen MR) is 97.2 cm³/mol. The van der Waals surface area contributed by atoms with Gasteiger partial charge in [0.05, 0.1) is 11.5 Å². The second-order valence-corrected chi connectivity index (χ2v) is 13.7. The zero-order valence-corrected chi connectivity index (χ0v) is 16.7. The van der Waals surface area contributed by atoms with Crippen molar-refractivity contribution >= 4 is 31.1 Å². The van der Waals surface area contributed by atoms with Crippen molar-refractivity contribution in [3.63, 3.8) is 0 Å². The molecule has 1 aromatic rings. The summed E-state index contributed by atoms with van der Waals surface area (Å²) in [4.78, 5) is 12.5. The highest BCUT2D eigenvalue weighted by Gasteiger charge is 2.41. The quantitative estimate of drug-likeness (QED) is 0.768. The Morgan fingerprint density at radius 3 is 2.62 bits per heavy atom. The van der Waals surface area contributed by atoms with Crippen LogP contribution in [0.4, 0.5) is 8.78 Å². The Morgan fingerprint density at radius 2 is 2.08 bits per heavy atom. The summed E-state index contributed by atoms with van der Waals surface area (Å²) in [5, 5.41) is 0.0211. The Hall–Kier alpha value is -1.05. The second kappa shape index (κ2) is 6.35. The van der Waals surface area contributed by atoms with Crippen LogP contribution in [0.2, 0.25) is 18.1 Å². The molecule has 0 unspecified atom stereocenters. The van der Waals surface area contributed by atoms with Crippen molar-refractivity contribution in [2.45, 2.75) is 57.7 Å². The topological polar surface area (TPSA) is 52.3 Å². The highest BCUT2D eigenvalue weighted by Crippen LogP contribution is 2.45. The Labute approximate surface area is 147 Å². The van der Waals surface area contributed by atoms with Crippen LogP contribution >= 0.6 is 11.3 Å². The molecule has 1 heterocycles. The summed E-state index contributed by atoms with van der Waals surface area (Å²) in [5.41, 5.74) is 5.70. The molecule has 1 aromatic heterocycles. The molecule has 0 atom stereocenters. The summed E-state index contributed by atoms with van der Waals surface area (Å²) in [5.74, 6) is -3.48. The predicted octanol–water partition coefficient (Wildman–Crippen LogP) is 4.83. The van der Waals surface area contributed by atoms with Gasteiger partial charge in [0.15, 0.2) is 8.32 Å². The van der Waals surface area contributed by atoms with Crippen LogP contribution in [0.5, 0.6) is 0 Å². The van der Waals surface area contributed by atoms with Gasteiger partial charge in [-0.3, -0.25) is 4.79 Å². The van der Waals surface area contributed by atoms with E-state index in [1.165, 1.54) is 23.5 Å². The summed E-state index contributed by atoms with van der Waals surface area (Å²) < 4.78 is 34.8. The number of hydrogen-bond donors (Lipinski definition) is 1. The summed E-state index contributed by atoms with van der Waals surface area (Å²) in [6, 6.07) is 1.49. The fourth-order valence-electron chi connectivity index (χ4n) is 2.38. The van der Waals surface area contributed by atoms with Gasteiger partial charge < -0.3 is 10.2 Å². The molecule has 134 valence electrons. The van der Waals surface area contributed by atoms with E-state index in [4.69, 9.17) is 10.2 Å². The van der Waals surface area contributed by atoms with E-state index in [0.717, 1.165) is 4.88 Å². The molecule has 0 aromatic carbocycles. The normalized spacial score (nSPS) is 19.4. The highest BCUT2D eigenvalue weighted by atomic mass is 32.1. The first-order valence-electron chi connectivity index (χ1n) is 8.00. The standard InChI is InChI=1S/C17H25F2NO2SSi/c1-16(2,3)24(4,5)22-9-7-12-11-10-14(15(20)21)23-13(11)6-8-17(12,18)19/h7,10H,6,8-9H2,1-5H3,(H2,20,21). The molecule has 1 amide bonds. The number of rotatable bonds is 4. The third-order valence-electron chi connectivity index (χ3n) is 4.94. The van der Waals surface area contributed by atoms with Gasteiger partial charge in [0.1, 0.15) is 0 Å². The first kappa shape index (κ1) is 19.3. The molecule has 0 spiro atoms. The number of thiophene rings is 1. The van der Waals surface area contributed by atoms with Gasteiger partial charge in [0.2, 0.25) is 0 Å². The van der Waals surface area contributed by atoms with Crippen molar-refractivity contribution in [3.05, 3.63) is 27.5 Å². The molecular weight excluding hydrogens is 348 g/mol. The van der Waals surface area contributed by atoms with Gasteiger partial charge in [-0.25, -0.2) is 8.78 Å². The molecule has 0 fully saturated rings. The van der Waals surface area contributed by atoms with Crippen LogP contribution in [0.1, 0.15) is 47.3 Å². The van der Waals surface area contributed by atoms with Crippen LogP contribution in [0.15, 0.2) is 12.1 Å². The van der Waals surface area contributed by atoms with Gasteiger partial charge in [-0.2, -0.15) is 0 Å². The van der Waals surface area contributed by atoms with E-state index in [0.29, 0.717) is 10.4 Å². The lowest BCUT2D eigenvalue weighted by Gasteiger charge is -2.36. The summed E-state index contributed by atoms with van der Waals surface area (Å²) >= 11 is 1.21. The minimum absolute atomic E-state index is 0.0211. The molecule has 2 rings (SSSR count). The number of hydrogen-bond acceptors (Lipinski definition) is 3. The maximum absolute atomic E-state index is 14.4. The lowest BCUT2D eigenvalue weighted by atomic mass is 9.89. The van der Waals surface area contributed by atoms with Gasteiger partial charge in [-0.15, -0.1) is 11.3 Å². The molecule has 24 heavy (non-hydrogen) atoms. The number of halogens is 2. The first-order valence-corrected chi connectivity index (χ1v) is 11.7. The van der Waals surface area contributed by atoms with Gasteiger partial charge in [-0.05, 0) is 36.2 Å². The molecule has 0 saturated carbocycles. The SMILES string of the molecule is CC(C)(C)[Si](C)(C)OCC=C1c2cc(C(N)=O)sc2CCC1(F)F. The van der Waals surface area contributed by atoms with Crippen LogP contribution in [-0.4, -0.2) is 26.8 Å². The average molecular weight is 374 g/mol. The van der Waals surface area contributed by atoms with Gasteiger partial charge in [0.25, 0.3) is 11.8 Å². The maximum Gasteiger partial charge on any atom is 0.274 e. The fraction of sp³-hybridized carbons (Fsp3) is 0.588. The molecule has 7 heteroatoms. The third-order valence-corrected chi connectivity index (χ3v) is 10.7. The van der Waals surface area contributed by atoms with Crippen LogP contribution in [-0.2, 0) is 10.8 Å². The summed E-state index contributed by atoms with van der Waals surface area (Å²) in [6.07, 6.45) is 1.50. The first-order chi connectivity index (χ1) is 10.8. The van der Waals surface area contributed by atoms with Crippen molar-refractivity contribution in [2.75, 3.05) is 6.61 Å². The maximum atomic E-state index is 14.4. The summed E-state index contributed by atoms with van der Waals surface area (Å²) in [7, 11) is -2.00. The van der Waals surface area contributed by atoms with E-state index in [1.54, 1.807) is 0 Å². The largest absolute Gasteiger partial charge is 0.413 e. The highest BCUT2D eigenvalue weighted by molar-refractivity contribution is 7.14. The molecule has 1 aliphatic rings. The zero-order valence-electron chi connectivity index (χ0n) is 14.8. The number of fused-ring (bicyclic) bond motifs is 1. The van der Waals surface area contributed by atoms with Crippen molar-refractivity contribution < 1.29 is 18.0 Å². The van der Waals surface area contributed by atoms with Crippen LogP contribution in [0, 0.1) is 0 Å². The number of allylic oxidation sites excluding steroid dienone is 1. The fourth-order valence-corrected chi connectivity index (χ4v) is 4.33. The minimum Gasteiger partial charge on any atom is -0.413 e. The number of amides is 1. The molecule has 0 aliphatic heterocycles. The van der Waals surface area contributed by atoms with E-state index >= 15 is 0 Å².